The predicted octanol–water partition coefficient (Wildman–Crippen LogP) is 4.53. The van der Waals surface area contributed by atoms with Crippen molar-refractivity contribution in [1.29, 1.82) is 0 Å². The summed E-state index contributed by atoms with van der Waals surface area (Å²) in [5, 5.41) is 3.78. The van der Waals surface area contributed by atoms with Crippen LogP contribution in [0.1, 0.15) is 18.9 Å². The molecular formula is C16H16Cl3N2O+. The van der Waals surface area contributed by atoms with Crippen molar-refractivity contribution in [3.05, 3.63) is 57.3 Å². The van der Waals surface area contributed by atoms with Crippen molar-refractivity contribution < 1.29 is 9.36 Å². The van der Waals surface area contributed by atoms with Gasteiger partial charge in [-0.25, -0.2) is 0 Å². The molecule has 1 amide bonds. The van der Waals surface area contributed by atoms with Crippen LogP contribution in [-0.4, -0.2) is 5.91 Å². The number of rotatable bonds is 5. The van der Waals surface area contributed by atoms with Crippen LogP contribution in [0.25, 0.3) is 0 Å². The number of halogens is 3. The van der Waals surface area contributed by atoms with Crippen molar-refractivity contribution in [2.45, 2.75) is 26.3 Å². The molecule has 0 bridgehead atoms. The van der Waals surface area contributed by atoms with Gasteiger partial charge in [0, 0.05) is 12.1 Å². The van der Waals surface area contributed by atoms with Gasteiger partial charge in [0.2, 0.25) is 6.54 Å². The lowest BCUT2D eigenvalue weighted by Crippen LogP contribution is -2.39. The topological polar surface area (TPSA) is 33.0 Å². The normalized spacial score (nSPS) is 10.5. The largest absolute Gasteiger partial charge is 0.319 e. The van der Waals surface area contributed by atoms with Gasteiger partial charge in [0.15, 0.2) is 12.4 Å². The van der Waals surface area contributed by atoms with E-state index < -0.39 is 0 Å². The Labute approximate surface area is 144 Å². The SMILES string of the molecule is CCCc1cc[n+](CC(=O)Nc2cc(Cl)c(Cl)cc2Cl)cc1. The van der Waals surface area contributed by atoms with Gasteiger partial charge >= 0.3 is 0 Å². The number of hydrogen-bond acceptors (Lipinski definition) is 1. The molecule has 0 aliphatic rings. The van der Waals surface area contributed by atoms with Crippen molar-refractivity contribution in [2.75, 3.05) is 5.32 Å². The molecule has 2 rings (SSSR count). The third kappa shape index (κ3) is 4.60. The van der Waals surface area contributed by atoms with Gasteiger partial charge in [-0.2, -0.15) is 4.57 Å². The molecule has 0 saturated carbocycles. The average molecular weight is 359 g/mol. The van der Waals surface area contributed by atoms with Crippen molar-refractivity contribution >= 4 is 46.4 Å². The molecule has 0 unspecified atom stereocenters. The maximum Gasteiger partial charge on any atom is 0.290 e. The molecule has 0 atom stereocenters. The quantitative estimate of drug-likeness (QED) is 0.618. The van der Waals surface area contributed by atoms with Crippen LogP contribution in [0.3, 0.4) is 0 Å². The van der Waals surface area contributed by atoms with E-state index in [1.54, 1.807) is 10.6 Å². The van der Waals surface area contributed by atoms with Crippen LogP contribution in [0, 0.1) is 0 Å². The Morgan fingerprint density at radius 3 is 2.36 bits per heavy atom. The van der Waals surface area contributed by atoms with E-state index in [0.717, 1.165) is 12.8 Å². The zero-order chi connectivity index (χ0) is 16.1. The number of aromatic nitrogens is 1. The van der Waals surface area contributed by atoms with E-state index in [4.69, 9.17) is 34.8 Å². The van der Waals surface area contributed by atoms with E-state index >= 15 is 0 Å². The summed E-state index contributed by atoms with van der Waals surface area (Å²) < 4.78 is 1.81. The summed E-state index contributed by atoms with van der Waals surface area (Å²) in [6.07, 6.45) is 5.91. The minimum Gasteiger partial charge on any atom is -0.319 e. The number of nitrogens with one attached hydrogen (secondary N) is 1. The molecule has 1 heterocycles. The first-order valence-electron chi connectivity index (χ1n) is 6.92. The minimum atomic E-state index is -0.187. The molecule has 1 aromatic heterocycles. The van der Waals surface area contributed by atoms with Crippen LogP contribution in [0.4, 0.5) is 5.69 Å². The molecule has 116 valence electrons. The first-order chi connectivity index (χ1) is 10.5. The number of aryl methyl sites for hydroxylation is 1. The van der Waals surface area contributed by atoms with Gasteiger partial charge in [0.1, 0.15) is 0 Å². The molecule has 0 aliphatic carbocycles. The van der Waals surface area contributed by atoms with Crippen LogP contribution < -0.4 is 9.88 Å². The van der Waals surface area contributed by atoms with Crippen LogP contribution >= 0.6 is 34.8 Å². The average Bonchev–Trinajstić information content (AvgIpc) is 2.47. The second-order valence-electron chi connectivity index (χ2n) is 4.92. The van der Waals surface area contributed by atoms with Crippen LogP contribution in [0.15, 0.2) is 36.7 Å². The highest BCUT2D eigenvalue weighted by molar-refractivity contribution is 6.44. The molecule has 0 radical (unpaired) electrons. The van der Waals surface area contributed by atoms with Gasteiger partial charge in [-0.1, -0.05) is 48.1 Å². The number of hydrogen-bond donors (Lipinski definition) is 1. The number of amides is 1. The predicted molar refractivity (Wildman–Crippen MR) is 90.7 cm³/mol. The Morgan fingerprint density at radius 2 is 1.73 bits per heavy atom. The Hall–Kier alpha value is -1.29. The maximum absolute atomic E-state index is 12.1. The summed E-state index contributed by atoms with van der Waals surface area (Å²) in [7, 11) is 0. The van der Waals surface area contributed by atoms with Gasteiger partial charge < -0.3 is 5.32 Å². The summed E-state index contributed by atoms with van der Waals surface area (Å²) in [6, 6.07) is 7.08. The van der Waals surface area contributed by atoms with Gasteiger partial charge in [0.25, 0.3) is 5.91 Å². The van der Waals surface area contributed by atoms with Gasteiger partial charge in [0.05, 0.1) is 20.8 Å². The summed E-state index contributed by atoms with van der Waals surface area (Å²) in [5.74, 6) is -0.187. The molecule has 1 N–H and O–H groups in total. The Bertz CT molecular complexity index is 672. The smallest absolute Gasteiger partial charge is 0.290 e. The monoisotopic (exact) mass is 357 g/mol. The number of anilines is 1. The molecule has 0 fully saturated rings. The van der Waals surface area contributed by atoms with E-state index in [1.165, 1.54) is 11.6 Å². The number of nitrogens with zero attached hydrogens (tertiary/aromatic N) is 1. The highest BCUT2D eigenvalue weighted by Crippen LogP contribution is 2.32. The summed E-state index contributed by atoms with van der Waals surface area (Å²) >= 11 is 17.8. The fraction of sp³-hybridized carbons (Fsp3) is 0.250. The van der Waals surface area contributed by atoms with E-state index in [0.29, 0.717) is 20.8 Å². The molecule has 0 spiro atoms. The number of benzene rings is 1. The van der Waals surface area contributed by atoms with Gasteiger partial charge in [-0.15, -0.1) is 0 Å². The summed E-state index contributed by atoms with van der Waals surface area (Å²) in [5.41, 5.74) is 1.70. The molecule has 0 saturated heterocycles. The molecule has 22 heavy (non-hydrogen) atoms. The van der Waals surface area contributed by atoms with Gasteiger partial charge in [-0.05, 0) is 24.1 Å². The number of carbonyl (C=O) groups excluding carboxylic acids is 1. The maximum atomic E-state index is 12.1. The lowest BCUT2D eigenvalue weighted by molar-refractivity contribution is -0.684. The Kier molecular flexibility index (Phi) is 6.07. The Balaban J connectivity index is 2.02. The van der Waals surface area contributed by atoms with E-state index in [-0.39, 0.29) is 12.5 Å². The third-order valence-electron chi connectivity index (χ3n) is 3.11. The fourth-order valence-electron chi connectivity index (χ4n) is 2.02. The number of pyridine rings is 1. The second kappa shape index (κ2) is 7.82. The standard InChI is InChI=1S/C16H15Cl3N2O/c1-2-3-11-4-6-21(7-5-11)10-16(22)20-15-9-13(18)12(17)8-14(15)19/h4-9H,2-3,10H2,1H3/p+1. The molecule has 6 heteroatoms. The van der Waals surface area contributed by atoms with Crippen LogP contribution in [0.5, 0.6) is 0 Å². The van der Waals surface area contributed by atoms with Gasteiger partial charge in [-0.3, -0.25) is 4.79 Å². The highest BCUT2D eigenvalue weighted by Gasteiger charge is 2.13. The van der Waals surface area contributed by atoms with Crippen molar-refractivity contribution in [3.8, 4) is 0 Å². The lowest BCUT2D eigenvalue weighted by Gasteiger charge is -2.07. The zero-order valence-corrected chi connectivity index (χ0v) is 14.3. The molecule has 3 nitrogen and oxygen atoms in total. The lowest BCUT2D eigenvalue weighted by atomic mass is 10.2. The van der Waals surface area contributed by atoms with Crippen LogP contribution in [0.2, 0.25) is 15.1 Å². The first-order valence-corrected chi connectivity index (χ1v) is 8.05. The van der Waals surface area contributed by atoms with E-state index in [1.807, 2.05) is 24.5 Å². The third-order valence-corrected chi connectivity index (χ3v) is 4.14. The zero-order valence-electron chi connectivity index (χ0n) is 12.1. The second-order valence-corrected chi connectivity index (χ2v) is 6.14. The molecule has 0 aliphatic heterocycles. The molecule has 1 aromatic carbocycles. The van der Waals surface area contributed by atoms with Crippen molar-refractivity contribution in [1.82, 2.24) is 0 Å². The molecule has 2 aromatic rings. The fourth-order valence-corrected chi connectivity index (χ4v) is 2.62. The van der Waals surface area contributed by atoms with Crippen LogP contribution in [-0.2, 0) is 17.8 Å². The van der Waals surface area contributed by atoms with E-state index in [9.17, 15) is 4.79 Å². The summed E-state index contributed by atoms with van der Waals surface area (Å²) in [6.45, 7) is 2.33. The minimum absolute atomic E-state index is 0.187. The number of carbonyl (C=O) groups is 1. The highest BCUT2D eigenvalue weighted by atomic mass is 35.5. The molecular weight excluding hydrogens is 343 g/mol. The van der Waals surface area contributed by atoms with Crippen molar-refractivity contribution in [2.24, 2.45) is 0 Å². The first kappa shape index (κ1) is 17.1. The Morgan fingerprint density at radius 1 is 1.09 bits per heavy atom. The van der Waals surface area contributed by atoms with E-state index in [2.05, 4.69) is 12.2 Å². The summed E-state index contributed by atoms with van der Waals surface area (Å²) in [4.78, 5) is 12.1. The van der Waals surface area contributed by atoms with Crippen molar-refractivity contribution in [3.63, 3.8) is 0 Å².